The molecule has 0 spiro atoms. The van der Waals surface area contributed by atoms with E-state index in [0.717, 1.165) is 0 Å². The van der Waals surface area contributed by atoms with Crippen molar-refractivity contribution in [2.45, 2.75) is 26.4 Å². The molecule has 2 nitrogen and oxygen atoms in total. The maximum absolute atomic E-state index is 8.83. The number of aliphatic hydroxyl groups excluding tert-OH is 1. The van der Waals surface area contributed by atoms with Gasteiger partial charge in [0.25, 0.3) is 0 Å². The van der Waals surface area contributed by atoms with Crippen LogP contribution in [0.25, 0.3) is 0 Å². The summed E-state index contributed by atoms with van der Waals surface area (Å²) in [6, 6.07) is 0. The molecule has 0 fully saturated rings. The van der Waals surface area contributed by atoms with Gasteiger partial charge in [0.1, 0.15) is 12.2 Å². The molecule has 0 amide bonds. The van der Waals surface area contributed by atoms with Gasteiger partial charge in [0.15, 0.2) is 0 Å². The van der Waals surface area contributed by atoms with Crippen molar-refractivity contribution in [2.75, 3.05) is 6.61 Å². The van der Waals surface area contributed by atoms with Gasteiger partial charge in [0, 0.05) is 0 Å². The largest absolute Gasteiger partial charge is 0.447 e. The van der Waals surface area contributed by atoms with Crippen molar-refractivity contribution in [1.29, 1.82) is 0 Å². The maximum atomic E-state index is 8.83. The van der Waals surface area contributed by atoms with Crippen molar-refractivity contribution < 1.29 is 9.84 Å². The van der Waals surface area contributed by atoms with Crippen molar-refractivity contribution in [3.05, 3.63) is 0 Å². The molecule has 0 saturated carbocycles. The van der Waals surface area contributed by atoms with Crippen molar-refractivity contribution >= 4 is 0 Å². The highest BCUT2D eigenvalue weighted by Gasteiger charge is 1.89. The first kappa shape index (κ1) is 8.32. The highest BCUT2D eigenvalue weighted by atomic mass is 16.5. The van der Waals surface area contributed by atoms with Crippen LogP contribution in [0, 0.1) is 12.0 Å². The Morgan fingerprint density at radius 3 is 2.67 bits per heavy atom. The molecular formula is C7H12O2. The SMILES string of the molecule is CCOC#CC(O)CC. The molecule has 52 valence electrons. The van der Waals surface area contributed by atoms with Crippen LogP contribution in [0.5, 0.6) is 0 Å². The van der Waals surface area contributed by atoms with Crippen LogP contribution in [0.1, 0.15) is 20.3 Å². The van der Waals surface area contributed by atoms with Crippen LogP contribution >= 0.6 is 0 Å². The fourth-order valence-corrected chi connectivity index (χ4v) is 0.284. The second-order valence-electron chi connectivity index (χ2n) is 1.60. The highest BCUT2D eigenvalue weighted by Crippen LogP contribution is 1.84. The van der Waals surface area contributed by atoms with Crippen LogP contribution in [-0.2, 0) is 4.74 Å². The third-order valence-electron chi connectivity index (χ3n) is 0.829. The van der Waals surface area contributed by atoms with Crippen LogP contribution in [0.4, 0.5) is 0 Å². The summed E-state index contributed by atoms with van der Waals surface area (Å²) in [5.74, 6) is 2.52. The molecule has 0 aromatic heterocycles. The van der Waals surface area contributed by atoms with E-state index in [1.165, 1.54) is 0 Å². The van der Waals surface area contributed by atoms with Gasteiger partial charge < -0.3 is 9.84 Å². The minimum absolute atomic E-state index is 0.531. The van der Waals surface area contributed by atoms with Gasteiger partial charge in [-0.3, -0.25) is 0 Å². The average molecular weight is 128 g/mol. The Balaban J connectivity index is 3.33. The fraction of sp³-hybridized carbons (Fsp3) is 0.714. The summed E-state index contributed by atoms with van der Waals surface area (Å²) in [6.07, 6.45) is 2.51. The Morgan fingerprint density at radius 1 is 1.56 bits per heavy atom. The molecule has 0 rings (SSSR count). The van der Waals surface area contributed by atoms with E-state index in [9.17, 15) is 0 Å². The van der Waals surface area contributed by atoms with Gasteiger partial charge in [-0.15, -0.1) is 0 Å². The monoisotopic (exact) mass is 128 g/mol. The van der Waals surface area contributed by atoms with Crippen LogP contribution in [0.3, 0.4) is 0 Å². The van der Waals surface area contributed by atoms with Gasteiger partial charge in [-0.05, 0) is 19.3 Å². The lowest BCUT2D eigenvalue weighted by Crippen LogP contribution is -1.99. The molecule has 0 radical (unpaired) electrons. The Morgan fingerprint density at radius 2 is 2.22 bits per heavy atom. The van der Waals surface area contributed by atoms with Gasteiger partial charge in [0.2, 0.25) is 0 Å². The van der Waals surface area contributed by atoms with Crippen LogP contribution in [-0.4, -0.2) is 17.8 Å². The standard InChI is InChI=1S/C7H12O2/c1-3-7(8)5-6-9-4-2/h7-8H,3-4H2,1-2H3. The molecule has 0 aliphatic carbocycles. The number of hydrogen-bond acceptors (Lipinski definition) is 2. The Labute approximate surface area is 55.8 Å². The van der Waals surface area contributed by atoms with Crippen LogP contribution in [0.2, 0.25) is 0 Å². The van der Waals surface area contributed by atoms with Crippen molar-refractivity contribution in [1.82, 2.24) is 0 Å². The first-order valence-electron chi connectivity index (χ1n) is 3.11. The summed E-state index contributed by atoms with van der Waals surface area (Å²) >= 11 is 0. The lowest BCUT2D eigenvalue weighted by molar-refractivity contribution is 0.224. The predicted molar refractivity (Wildman–Crippen MR) is 35.7 cm³/mol. The summed E-state index contributed by atoms with van der Waals surface area (Å²) in [6.45, 7) is 4.29. The number of ether oxygens (including phenoxy) is 1. The molecule has 1 atom stereocenters. The van der Waals surface area contributed by atoms with E-state index in [-0.39, 0.29) is 0 Å². The van der Waals surface area contributed by atoms with E-state index in [1.807, 2.05) is 13.8 Å². The molecule has 1 N–H and O–H groups in total. The van der Waals surface area contributed by atoms with Gasteiger partial charge in [-0.1, -0.05) is 6.92 Å². The van der Waals surface area contributed by atoms with Crippen molar-refractivity contribution in [3.63, 3.8) is 0 Å². The van der Waals surface area contributed by atoms with Gasteiger partial charge >= 0.3 is 0 Å². The zero-order chi connectivity index (χ0) is 7.11. The number of aliphatic hydroxyl groups is 1. The zero-order valence-corrected chi connectivity index (χ0v) is 5.85. The first-order valence-corrected chi connectivity index (χ1v) is 3.11. The molecule has 0 aliphatic heterocycles. The molecule has 0 heterocycles. The van der Waals surface area contributed by atoms with E-state index in [0.29, 0.717) is 13.0 Å². The molecule has 0 saturated heterocycles. The second kappa shape index (κ2) is 5.46. The van der Waals surface area contributed by atoms with E-state index in [1.54, 1.807) is 0 Å². The Kier molecular flexibility index (Phi) is 5.04. The molecule has 0 aromatic carbocycles. The molecule has 0 bridgehead atoms. The van der Waals surface area contributed by atoms with Gasteiger partial charge in [-0.2, -0.15) is 0 Å². The minimum Gasteiger partial charge on any atom is -0.447 e. The van der Waals surface area contributed by atoms with Crippen molar-refractivity contribution in [3.8, 4) is 12.0 Å². The average Bonchev–Trinajstić information content (AvgIpc) is 1.89. The smallest absolute Gasteiger partial charge is 0.117 e. The summed E-state index contributed by atoms with van der Waals surface area (Å²) in [5.41, 5.74) is 0. The van der Waals surface area contributed by atoms with Gasteiger partial charge in [-0.25, -0.2) is 0 Å². The highest BCUT2D eigenvalue weighted by molar-refractivity contribution is 4.97. The fourth-order valence-electron chi connectivity index (χ4n) is 0.284. The summed E-state index contributed by atoms with van der Waals surface area (Å²) in [7, 11) is 0. The molecule has 2 heteroatoms. The van der Waals surface area contributed by atoms with Gasteiger partial charge in [0.05, 0.1) is 6.61 Å². The zero-order valence-electron chi connectivity index (χ0n) is 5.85. The second-order valence-corrected chi connectivity index (χ2v) is 1.60. The van der Waals surface area contributed by atoms with E-state index in [4.69, 9.17) is 5.11 Å². The molecule has 0 aliphatic rings. The number of hydrogen-bond donors (Lipinski definition) is 1. The molecular weight excluding hydrogens is 116 g/mol. The van der Waals surface area contributed by atoms with Crippen LogP contribution < -0.4 is 0 Å². The van der Waals surface area contributed by atoms with E-state index in [2.05, 4.69) is 16.8 Å². The minimum atomic E-state index is -0.531. The third kappa shape index (κ3) is 5.19. The summed E-state index contributed by atoms with van der Waals surface area (Å²) in [4.78, 5) is 0. The van der Waals surface area contributed by atoms with Crippen molar-refractivity contribution in [2.24, 2.45) is 0 Å². The van der Waals surface area contributed by atoms with E-state index >= 15 is 0 Å². The number of rotatable bonds is 2. The van der Waals surface area contributed by atoms with E-state index < -0.39 is 6.10 Å². The lowest BCUT2D eigenvalue weighted by atomic mass is 10.3. The maximum Gasteiger partial charge on any atom is 0.117 e. The topological polar surface area (TPSA) is 29.5 Å². The Bertz CT molecular complexity index is 110. The third-order valence-corrected chi connectivity index (χ3v) is 0.829. The quantitative estimate of drug-likeness (QED) is 0.556. The molecule has 0 aromatic rings. The lowest BCUT2D eigenvalue weighted by Gasteiger charge is -1.93. The Hall–Kier alpha value is -0.680. The molecule has 1 unspecified atom stereocenters. The normalized spacial score (nSPS) is 11.4. The van der Waals surface area contributed by atoms with Crippen LogP contribution in [0.15, 0.2) is 0 Å². The first-order chi connectivity index (χ1) is 4.31. The summed E-state index contributed by atoms with van der Waals surface area (Å²) in [5, 5.41) is 8.83. The summed E-state index contributed by atoms with van der Waals surface area (Å²) < 4.78 is 4.68. The predicted octanol–water partition coefficient (Wildman–Crippen LogP) is 0.755. The molecule has 9 heavy (non-hydrogen) atoms.